The maximum atomic E-state index is 11.9. The maximum Gasteiger partial charge on any atom is 0.272 e. The normalized spacial score (nSPS) is 10.7. The number of unbranched alkanes of at least 4 members (excludes halogenated alkanes) is 1. The van der Waals surface area contributed by atoms with Gasteiger partial charge in [-0.15, -0.1) is 0 Å². The minimum absolute atomic E-state index is 0.242. The summed E-state index contributed by atoms with van der Waals surface area (Å²) in [6.07, 6.45) is 2.13. The van der Waals surface area contributed by atoms with E-state index < -0.39 is 0 Å². The largest absolute Gasteiger partial charge is 0.494 e. The Morgan fingerprint density at radius 1 is 1.23 bits per heavy atom. The number of hydrogen-bond acceptors (Lipinski definition) is 4. The second-order valence-electron chi connectivity index (χ2n) is 5.06. The molecule has 0 bridgehead atoms. The number of aromatic nitrogens is 2. The lowest BCUT2D eigenvalue weighted by Gasteiger charge is -2.09. The van der Waals surface area contributed by atoms with E-state index in [1.165, 1.54) is 4.68 Å². The molecule has 2 rings (SSSR count). The van der Waals surface area contributed by atoms with E-state index >= 15 is 0 Å². The van der Waals surface area contributed by atoms with Crippen LogP contribution in [0.3, 0.4) is 0 Å². The first-order valence-electron chi connectivity index (χ1n) is 7.64. The predicted molar refractivity (Wildman–Crippen MR) is 85.9 cm³/mol. The third-order valence-electron chi connectivity index (χ3n) is 3.44. The van der Waals surface area contributed by atoms with Crippen molar-refractivity contribution in [3.05, 3.63) is 46.2 Å². The van der Waals surface area contributed by atoms with Gasteiger partial charge in [0.15, 0.2) is 0 Å². The summed E-state index contributed by atoms with van der Waals surface area (Å²) < 4.78 is 7.00. The van der Waals surface area contributed by atoms with Crippen LogP contribution in [0.15, 0.2) is 35.1 Å². The molecule has 0 unspecified atom stereocenters. The molecule has 5 heteroatoms. The maximum absolute atomic E-state index is 11.9. The Labute approximate surface area is 130 Å². The van der Waals surface area contributed by atoms with Crippen LogP contribution in [0.2, 0.25) is 0 Å². The van der Waals surface area contributed by atoms with E-state index in [4.69, 9.17) is 4.74 Å². The number of ether oxygens (including phenoxy) is 1. The van der Waals surface area contributed by atoms with Crippen molar-refractivity contribution in [2.45, 2.75) is 39.8 Å². The first-order valence-corrected chi connectivity index (χ1v) is 7.64. The molecule has 0 saturated heterocycles. The molecule has 0 atom stereocenters. The zero-order chi connectivity index (χ0) is 15.9. The fourth-order valence-electron chi connectivity index (χ4n) is 2.12. The number of hydrogen-bond donors (Lipinski definition) is 1. The van der Waals surface area contributed by atoms with E-state index in [1.807, 2.05) is 31.2 Å². The van der Waals surface area contributed by atoms with Gasteiger partial charge in [-0.05, 0) is 43.7 Å². The van der Waals surface area contributed by atoms with Gasteiger partial charge in [0.1, 0.15) is 5.75 Å². The third-order valence-corrected chi connectivity index (χ3v) is 3.44. The molecule has 5 nitrogen and oxygen atoms in total. The molecule has 0 radical (unpaired) electrons. The second-order valence-corrected chi connectivity index (χ2v) is 5.06. The van der Waals surface area contributed by atoms with E-state index in [-0.39, 0.29) is 12.2 Å². The van der Waals surface area contributed by atoms with Gasteiger partial charge >= 0.3 is 0 Å². The summed E-state index contributed by atoms with van der Waals surface area (Å²) in [4.78, 5) is 11.9. The second kappa shape index (κ2) is 7.75. The average molecular weight is 302 g/mol. The van der Waals surface area contributed by atoms with Crippen LogP contribution in [0.4, 0.5) is 0 Å². The Kier molecular flexibility index (Phi) is 5.72. The van der Waals surface area contributed by atoms with Crippen LogP contribution in [0.5, 0.6) is 5.75 Å². The van der Waals surface area contributed by atoms with E-state index in [0.717, 1.165) is 24.2 Å². The van der Waals surface area contributed by atoms with Gasteiger partial charge in [0.25, 0.3) is 5.56 Å². The molecule has 1 aromatic carbocycles. The van der Waals surface area contributed by atoms with Crippen molar-refractivity contribution >= 4 is 0 Å². The van der Waals surface area contributed by atoms with Crippen molar-refractivity contribution < 1.29 is 9.84 Å². The van der Waals surface area contributed by atoms with Crippen LogP contribution in [0, 0.1) is 0 Å². The lowest BCUT2D eigenvalue weighted by atomic mass is 10.1. The molecule has 0 amide bonds. The molecule has 0 aliphatic heterocycles. The number of rotatable bonds is 7. The highest BCUT2D eigenvalue weighted by Gasteiger charge is 2.08. The SMILES string of the molecule is CCCCOc1ccc(-c2cc(CO)c(=O)n(CC)n2)cc1. The Bertz CT molecular complexity index is 634. The van der Waals surface area contributed by atoms with Crippen molar-refractivity contribution in [1.29, 1.82) is 0 Å². The fraction of sp³-hybridized carbons (Fsp3) is 0.412. The van der Waals surface area contributed by atoms with E-state index in [0.29, 0.717) is 24.4 Å². The Morgan fingerprint density at radius 2 is 1.95 bits per heavy atom. The molecule has 22 heavy (non-hydrogen) atoms. The van der Waals surface area contributed by atoms with Gasteiger partial charge in [0.05, 0.1) is 18.9 Å². The van der Waals surface area contributed by atoms with Crippen LogP contribution >= 0.6 is 0 Å². The number of aliphatic hydroxyl groups is 1. The van der Waals surface area contributed by atoms with Crippen LogP contribution in [0.1, 0.15) is 32.3 Å². The molecule has 2 aromatic rings. The molecule has 0 spiro atoms. The highest BCUT2D eigenvalue weighted by molar-refractivity contribution is 5.60. The highest BCUT2D eigenvalue weighted by atomic mass is 16.5. The Hall–Kier alpha value is -2.14. The Morgan fingerprint density at radius 3 is 2.55 bits per heavy atom. The van der Waals surface area contributed by atoms with Gasteiger partial charge in [-0.1, -0.05) is 13.3 Å². The molecule has 0 saturated carbocycles. The van der Waals surface area contributed by atoms with Crippen LogP contribution in [0.25, 0.3) is 11.3 Å². The molecule has 1 aromatic heterocycles. The topological polar surface area (TPSA) is 64.3 Å². The summed E-state index contributed by atoms with van der Waals surface area (Å²) in [7, 11) is 0. The lowest BCUT2D eigenvalue weighted by Crippen LogP contribution is -2.26. The minimum atomic E-state index is -0.285. The third kappa shape index (κ3) is 3.74. The number of aliphatic hydroxyl groups excluding tert-OH is 1. The van der Waals surface area contributed by atoms with Crippen molar-refractivity contribution in [2.75, 3.05) is 6.61 Å². The lowest BCUT2D eigenvalue weighted by molar-refractivity contribution is 0.278. The molecule has 1 heterocycles. The number of aryl methyl sites for hydroxylation is 1. The fourth-order valence-corrected chi connectivity index (χ4v) is 2.12. The first-order chi connectivity index (χ1) is 10.7. The first kappa shape index (κ1) is 16.2. The van der Waals surface area contributed by atoms with E-state index in [2.05, 4.69) is 12.0 Å². The average Bonchev–Trinajstić information content (AvgIpc) is 2.56. The molecule has 0 aliphatic rings. The molecule has 0 fully saturated rings. The minimum Gasteiger partial charge on any atom is -0.494 e. The van der Waals surface area contributed by atoms with E-state index in [9.17, 15) is 9.90 Å². The van der Waals surface area contributed by atoms with Crippen LogP contribution in [-0.2, 0) is 13.2 Å². The van der Waals surface area contributed by atoms with Crippen LogP contribution in [-0.4, -0.2) is 21.5 Å². The predicted octanol–water partition coefficient (Wildman–Crippen LogP) is 2.60. The van der Waals surface area contributed by atoms with Gasteiger partial charge in [-0.3, -0.25) is 4.79 Å². The summed E-state index contributed by atoms with van der Waals surface area (Å²) in [5.41, 5.74) is 1.67. The summed E-state index contributed by atoms with van der Waals surface area (Å²) >= 11 is 0. The van der Waals surface area contributed by atoms with Gasteiger partial charge < -0.3 is 9.84 Å². The number of benzene rings is 1. The van der Waals surface area contributed by atoms with E-state index in [1.54, 1.807) is 6.07 Å². The van der Waals surface area contributed by atoms with Gasteiger partial charge in [0, 0.05) is 17.7 Å². The quantitative estimate of drug-likeness (QED) is 0.799. The van der Waals surface area contributed by atoms with Crippen molar-refractivity contribution in [3.63, 3.8) is 0 Å². The number of nitrogens with zero attached hydrogens (tertiary/aromatic N) is 2. The van der Waals surface area contributed by atoms with Crippen LogP contribution < -0.4 is 10.3 Å². The molecular weight excluding hydrogens is 280 g/mol. The molecule has 1 N–H and O–H groups in total. The zero-order valence-corrected chi connectivity index (χ0v) is 13.1. The van der Waals surface area contributed by atoms with Gasteiger partial charge in [0.2, 0.25) is 0 Å². The summed E-state index contributed by atoms with van der Waals surface area (Å²) in [6.45, 7) is 4.87. The Balaban J connectivity index is 2.26. The molecule has 0 aliphatic carbocycles. The summed E-state index contributed by atoms with van der Waals surface area (Å²) in [5.74, 6) is 0.823. The smallest absolute Gasteiger partial charge is 0.272 e. The van der Waals surface area contributed by atoms with Crippen molar-refractivity contribution in [2.24, 2.45) is 0 Å². The zero-order valence-electron chi connectivity index (χ0n) is 13.1. The van der Waals surface area contributed by atoms with Crippen molar-refractivity contribution in [1.82, 2.24) is 9.78 Å². The molecular formula is C17H22N2O3. The summed E-state index contributed by atoms with van der Waals surface area (Å²) in [5, 5.41) is 13.6. The monoisotopic (exact) mass is 302 g/mol. The van der Waals surface area contributed by atoms with Crippen molar-refractivity contribution in [3.8, 4) is 17.0 Å². The molecule has 118 valence electrons. The van der Waals surface area contributed by atoms with Gasteiger partial charge in [-0.25, -0.2) is 4.68 Å². The van der Waals surface area contributed by atoms with Gasteiger partial charge in [-0.2, -0.15) is 5.10 Å². The summed E-state index contributed by atoms with van der Waals surface area (Å²) in [6, 6.07) is 9.26. The highest BCUT2D eigenvalue weighted by Crippen LogP contribution is 2.21. The standard InChI is InChI=1S/C17H22N2O3/c1-3-5-10-22-15-8-6-13(7-9-15)16-11-14(12-20)17(21)19(4-2)18-16/h6-9,11,20H,3-5,10,12H2,1-2H3.